The fourth-order valence-corrected chi connectivity index (χ4v) is 1.55. The van der Waals surface area contributed by atoms with Crippen molar-refractivity contribution < 1.29 is 18.0 Å². The maximum Gasteiger partial charge on any atom is 0.182 e. The van der Waals surface area contributed by atoms with Crippen molar-refractivity contribution in [2.45, 2.75) is 0 Å². The highest BCUT2D eigenvalue weighted by Gasteiger charge is 2.20. The van der Waals surface area contributed by atoms with E-state index in [1.165, 1.54) is 19.4 Å². The third-order valence-corrected chi connectivity index (χ3v) is 2.26. The second kappa shape index (κ2) is 4.02. The van der Waals surface area contributed by atoms with E-state index < -0.39 is 23.0 Å². The van der Waals surface area contributed by atoms with Crippen molar-refractivity contribution in [2.24, 2.45) is 0 Å². The SMILES string of the molecule is CNCC(=O)c1c(F)cc2occc2c1F. The van der Waals surface area contributed by atoms with E-state index in [0.717, 1.165) is 6.07 Å². The normalized spacial score (nSPS) is 10.9. The number of nitrogens with one attached hydrogen (secondary N) is 1. The molecule has 0 bridgehead atoms. The molecule has 0 fully saturated rings. The average molecular weight is 225 g/mol. The molecular weight excluding hydrogens is 216 g/mol. The predicted molar refractivity (Wildman–Crippen MR) is 54.4 cm³/mol. The van der Waals surface area contributed by atoms with Crippen LogP contribution in [0.2, 0.25) is 0 Å². The van der Waals surface area contributed by atoms with Crippen LogP contribution >= 0.6 is 0 Å². The van der Waals surface area contributed by atoms with Gasteiger partial charge in [-0.1, -0.05) is 0 Å². The molecule has 1 aromatic carbocycles. The summed E-state index contributed by atoms with van der Waals surface area (Å²) in [6, 6.07) is 2.38. The second-order valence-electron chi connectivity index (χ2n) is 3.33. The van der Waals surface area contributed by atoms with Crippen LogP contribution in [0.25, 0.3) is 11.0 Å². The van der Waals surface area contributed by atoms with Gasteiger partial charge < -0.3 is 9.73 Å². The van der Waals surface area contributed by atoms with Gasteiger partial charge in [0, 0.05) is 6.07 Å². The Labute approximate surface area is 90.0 Å². The zero-order valence-corrected chi connectivity index (χ0v) is 8.51. The summed E-state index contributed by atoms with van der Waals surface area (Å²) in [6.07, 6.45) is 1.25. The van der Waals surface area contributed by atoms with E-state index in [4.69, 9.17) is 4.42 Å². The number of hydrogen-bond donors (Lipinski definition) is 1. The van der Waals surface area contributed by atoms with Crippen molar-refractivity contribution in [1.82, 2.24) is 5.32 Å². The minimum absolute atomic E-state index is 0.0935. The highest BCUT2D eigenvalue weighted by atomic mass is 19.1. The van der Waals surface area contributed by atoms with Crippen molar-refractivity contribution >= 4 is 16.8 Å². The molecule has 0 unspecified atom stereocenters. The van der Waals surface area contributed by atoms with Crippen LogP contribution in [0, 0.1) is 11.6 Å². The molecule has 16 heavy (non-hydrogen) atoms. The summed E-state index contributed by atoms with van der Waals surface area (Å²) in [6.45, 7) is -0.114. The Balaban J connectivity index is 2.63. The number of Topliss-reactive ketones (excluding diaryl/α,β-unsaturated/α-hetero) is 1. The number of halogens is 2. The molecule has 2 rings (SSSR count). The molecule has 0 saturated heterocycles. The van der Waals surface area contributed by atoms with E-state index in [2.05, 4.69) is 5.32 Å². The Bertz CT molecular complexity index is 548. The lowest BCUT2D eigenvalue weighted by atomic mass is 10.1. The lowest BCUT2D eigenvalue weighted by Crippen LogP contribution is -2.20. The summed E-state index contributed by atoms with van der Waals surface area (Å²) < 4.78 is 32.1. The summed E-state index contributed by atoms with van der Waals surface area (Å²) >= 11 is 0. The van der Waals surface area contributed by atoms with Crippen molar-refractivity contribution in [2.75, 3.05) is 13.6 Å². The summed E-state index contributed by atoms with van der Waals surface area (Å²) in [5.74, 6) is -2.40. The number of rotatable bonds is 3. The first-order chi connectivity index (χ1) is 7.65. The molecule has 0 amide bonds. The number of hydrogen-bond acceptors (Lipinski definition) is 3. The Kier molecular flexibility index (Phi) is 2.70. The van der Waals surface area contributed by atoms with E-state index >= 15 is 0 Å². The van der Waals surface area contributed by atoms with E-state index in [0.29, 0.717) is 0 Å². The molecular formula is C11H9F2NO2. The minimum Gasteiger partial charge on any atom is -0.464 e. The molecule has 1 heterocycles. The molecule has 0 aliphatic carbocycles. The largest absolute Gasteiger partial charge is 0.464 e. The van der Waals surface area contributed by atoms with E-state index in [1.807, 2.05) is 0 Å². The van der Waals surface area contributed by atoms with Gasteiger partial charge in [-0.2, -0.15) is 0 Å². The molecule has 84 valence electrons. The highest BCUT2D eigenvalue weighted by Crippen LogP contribution is 2.25. The summed E-state index contributed by atoms with van der Waals surface area (Å²) in [5.41, 5.74) is -0.431. The molecule has 0 aliphatic rings. The molecule has 1 N–H and O–H groups in total. The number of carbonyl (C=O) groups excluding carboxylic acids is 1. The third kappa shape index (κ3) is 1.59. The van der Waals surface area contributed by atoms with Crippen LogP contribution in [0.3, 0.4) is 0 Å². The van der Waals surface area contributed by atoms with Crippen LogP contribution in [0.5, 0.6) is 0 Å². The average Bonchev–Trinajstić information content (AvgIpc) is 2.66. The van der Waals surface area contributed by atoms with Crippen LogP contribution in [0.4, 0.5) is 8.78 Å². The van der Waals surface area contributed by atoms with Crippen LogP contribution in [-0.2, 0) is 0 Å². The van der Waals surface area contributed by atoms with Gasteiger partial charge in [-0.05, 0) is 13.1 Å². The van der Waals surface area contributed by atoms with Crippen molar-refractivity contribution in [1.29, 1.82) is 0 Å². The molecule has 0 atom stereocenters. The topological polar surface area (TPSA) is 42.2 Å². The van der Waals surface area contributed by atoms with Gasteiger partial charge in [0.15, 0.2) is 5.78 Å². The zero-order chi connectivity index (χ0) is 11.7. The highest BCUT2D eigenvalue weighted by molar-refractivity contribution is 6.01. The van der Waals surface area contributed by atoms with Gasteiger partial charge in [0.1, 0.15) is 17.2 Å². The first-order valence-electron chi connectivity index (χ1n) is 4.68. The predicted octanol–water partition coefficient (Wildman–Crippen LogP) is 2.11. The monoisotopic (exact) mass is 225 g/mol. The summed E-state index contributed by atoms with van der Waals surface area (Å²) in [5, 5.41) is 2.67. The number of carbonyl (C=O) groups is 1. The Morgan fingerprint density at radius 3 is 2.94 bits per heavy atom. The van der Waals surface area contributed by atoms with E-state index in [-0.39, 0.29) is 17.5 Å². The van der Waals surface area contributed by atoms with E-state index in [9.17, 15) is 13.6 Å². The molecule has 5 heteroatoms. The van der Waals surface area contributed by atoms with Crippen molar-refractivity contribution in [3.05, 3.63) is 35.6 Å². The minimum atomic E-state index is -0.903. The van der Waals surface area contributed by atoms with Crippen molar-refractivity contribution in [3.8, 4) is 0 Å². The molecule has 3 nitrogen and oxygen atoms in total. The smallest absolute Gasteiger partial charge is 0.182 e. The number of likely N-dealkylation sites (N-methyl/N-ethyl adjacent to an activating group) is 1. The summed E-state index contributed by atoms with van der Waals surface area (Å²) in [7, 11) is 1.53. The maximum atomic E-state index is 13.8. The van der Waals surface area contributed by atoms with Crippen LogP contribution in [-0.4, -0.2) is 19.4 Å². The Morgan fingerprint density at radius 2 is 2.25 bits per heavy atom. The quantitative estimate of drug-likeness (QED) is 0.813. The van der Waals surface area contributed by atoms with Crippen LogP contribution in [0.15, 0.2) is 22.8 Å². The molecule has 1 aromatic heterocycles. The Hall–Kier alpha value is -1.75. The van der Waals surface area contributed by atoms with Gasteiger partial charge in [-0.3, -0.25) is 4.79 Å². The van der Waals surface area contributed by atoms with Gasteiger partial charge in [-0.25, -0.2) is 8.78 Å². The molecule has 0 spiro atoms. The van der Waals surface area contributed by atoms with Gasteiger partial charge in [0.25, 0.3) is 0 Å². The lowest BCUT2D eigenvalue weighted by Gasteiger charge is -2.04. The van der Waals surface area contributed by atoms with Crippen molar-refractivity contribution in [3.63, 3.8) is 0 Å². The van der Waals surface area contributed by atoms with E-state index in [1.54, 1.807) is 0 Å². The standard InChI is InChI=1S/C11H9F2NO2/c1-14-5-8(15)10-7(12)4-9-6(11(10)13)2-3-16-9/h2-4,14H,5H2,1H3. The molecule has 0 saturated carbocycles. The first kappa shape index (κ1) is 10.8. The number of benzene rings is 1. The van der Waals surface area contributed by atoms with Gasteiger partial charge >= 0.3 is 0 Å². The maximum absolute atomic E-state index is 13.8. The van der Waals surface area contributed by atoms with Gasteiger partial charge in [0.05, 0.1) is 23.8 Å². The molecule has 0 radical (unpaired) electrons. The third-order valence-electron chi connectivity index (χ3n) is 2.26. The first-order valence-corrected chi connectivity index (χ1v) is 4.68. The number of fused-ring (bicyclic) bond motifs is 1. The fraction of sp³-hybridized carbons (Fsp3) is 0.182. The van der Waals surface area contributed by atoms with Crippen LogP contribution < -0.4 is 5.32 Å². The van der Waals surface area contributed by atoms with Gasteiger partial charge in [0.2, 0.25) is 0 Å². The lowest BCUT2D eigenvalue weighted by molar-refractivity contribution is 0.0986. The zero-order valence-electron chi connectivity index (χ0n) is 8.51. The molecule has 2 aromatic rings. The van der Waals surface area contributed by atoms with Gasteiger partial charge in [-0.15, -0.1) is 0 Å². The molecule has 0 aliphatic heterocycles. The number of ketones is 1. The summed E-state index contributed by atoms with van der Waals surface area (Å²) in [4.78, 5) is 11.5. The Morgan fingerprint density at radius 1 is 1.50 bits per heavy atom. The fourth-order valence-electron chi connectivity index (χ4n) is 1.55. The number of furan rings is 1. The second-order valence-corrected chi connectivity index (χ2v) is 3.33. The van der Waals surface area contributed by atoms with Crippen LogP contribution in [0.1, 0.15) is 10.4 Å².